The molecule has 1 amide bonds. The summed E-state index contributed by atoms with van der Waals surface area (Å²) in [5.41, 5.74) is 0.167. The van der Waals surface area contributed by atoms with Gasteiger partial charge in [-0.05, 0) is 12.1 Å². The first-order chi connectivity index (χ1) is 8.12. The Bertz CT molecular complexity index is 526. The van der Waals surface area contributed by atoms with E-state index in [1.165, 1.54) is 12.1 Å². The van der Waals surface area contributed by atoms with Gasteiger partial charge in [0.15, 0.2) is 0 Å². The maximum absolute atomic E-state index is 11.7. The Balaban J connectivity index is 2.97. The standard InChI is InChI=1S/C9H8Cl3NO4S/c10-9(11,12)8(18(15,16)17)13-7(14)6-4-2-1-3-5-6/h1-5,8H,(H,13,14)(H,15,16,17)/t8-/m0/s1. The second-order valence-electron chi connectivity index (χ2n) is 3.28. The van der Waals surface area contributed by atoms with Crippen molar-refractivity contribution in [3.8, 4) is 0 Å². The molecule has 1 atom stereocenters. The Morgan fingerprint density at radius 2 is 1.72 bits per heavy atom. The van der Waals surface area contributed by atoms with Gasteiger partial charge in [0.25, 0.3) is 16.0 Å². The maximum atomic E-state index is 11.7. The first-order valence-electron chi connectivity index (χ1n) is 4.51. The minimum Gasteiger partial charge on any atom is -0.330 e. The lowest BCUT2D eigenvalue weighted by atomic mass is 10.2. The molecule has 18 heavy (non-hydrogen) atoms. The van der Waals surface area contributed by atoms with Gasteiger partial charge in [-0.1, -0.05) is 53.0 Å². The number of carbonyl (C=O) groups excluding carboxylic acids is 1. The van der Waals surface area contributed by atoms with E-state index in [1.54, 1.807) is 18.2 Å². The highest BCUT2D eigenvalue weighted by atomic mass is 35.6. The number of hydrogen-bond acceptors (Lipinski definition) is 3. The molecule has 0 fully saturated rings. The van der Waals surface area contributed by atoms with Gasteiger partial charge in [-0.25, -0.2) is 0 Å². The lowest BCUT2D eigenvalue weighted by Gasteiger charge is -2.22. The first kappa shape index (κ1) is 15.5. The number of alkyl halides is 3. The Morgan fingerprint density at radius 1 is 1.22 bits per heavy atom. The lowest BCUT2D eigenvalue weighted by molar-refractivity contribution is 0.0946. The van der Waals surface area contributed by atoms with Gasteiger partial charge in [0.1, 0.15) is 0 Å². The average molecular weight is 333 g/mol. The van der Waals surface area contributed by atoms with E-state index in [0.717, 1.165) is 0 Å². The predicted molar refractivity (Wildman–Crippen MR) is 69.5 cm³/mol. The monoisotopic (exact) mass is 331 g/mol. The van der Waals surface area contributed by atoms with Crippen molar-refractivity contribution >= 4 is 50.8 Å². The molecule has 1 aromatic rings. The molecule has 1 rings (SSSR count). The fraction of sp³-hybridized carbons (Fsp3) is 0.222. The molecule has 1 aromatic carbocycles. The van der Waals surface area contributed by atoms with Gasteiger partial charge < -0.3 is 5.32 Å². The first-order valence-corrected chi connectivity index (χ1v) is 7.15. The van der Waals surface area contributed by atoms with E-state index >= 15 is 0 Å². The molecule has 0 radical (unpaired) electrons. The SMILES string of the molecule is O=C(N[C@H](C(Cl)(Cl)Cl)S(=O)(=O)O)c1ccccc1. The average Bonchev–Trinajstić information content (AvgIpc) is 2.23. The Morgan fingerprint density at radius 3 is 2.11 bits per heavy atom. The number of nitrogens with one attached hydrogen (secondary N) is 1. The number of rotatable bonds is 3. The summed E-state index contributed by atoms with van der Waals surface area (Å²) in [6.45, 7) is 0. The molecule has 2 N–H and O–H groups in total. The van der Waals surface area contributed by atoms with Crippen molar-refractivity contribution in [2.75, 3.05) is 0 Å². The van der Waals surface area contributed by atoms with Crippen LogP contribution in [0.25, 0.3) is 0 Å². The highest BCUT2D eigenvalue weighted by molar-refractivity contribution is 7.86. The van der Waals surface area contributed by atoms with Gasteiger partial charge in [0.2, 0.25) is 9.17 Å². The summed E-state index contributed by atoms with van der Waals surface area (Å²) in [4.78, 5) is 11.7. The second-order valence-corrected chi connectivity index (χ2v) is 7.15. The fourth-order valence-electron chi connectivity index (χ4n) is 1.12. The third-order valence-corrected chi connectivity index (χ3v) is 4.00. The molecular weight excluding hydrogens is 325 g/mol. The van der Waals surface area contributed by atoms with Gasteiger partial charge in [0, 0.05) is 5.56 Å². The van der Waals surface area contributed by atoms with Crippen LogP contribution in [0, 0.1) is 0 Å². The Kier molecular flexibility index (Phi) is 4.85. The van der Waals surface area contributed by atoms with Crippen molar-refractivity contribution < 1.29 is 17.8 Å². The largest absolute Gasteiger partial charge is 0.330 e. The van der Waals surface area contributed by atoms with Crippen LogP contribution in [0.5, 0.6) is 0 Å². The maximum Gasteiger partial charge on any atom is 0.290 e. The Labute approximate surface area is 119 Å². The number of hydrogen-bond donors (Lipinski definition) is 2. The molecule has 100 valence electrons. The van der Waals surface area contributed by atoms with Crippen molar-refractivity contribution in [1.82, 2.24) is 5.32 Å². The van der Waals surface area contributed by atoms with E-state index in [1.807, 2.05) is 5.32 Å². The molecule has 0 bridgehead atoms. The zero-order valence-corrected chi connectivity index (χ0v) is 11.8. The molecule has 0 aliphatic rings. The van der Waals surface area contributed by atoms with Crippen LogP contribution in [-0.2, 0) is 10.1 Å². The van der Waals surface area contributed by atoms with Gasteiger partial charge in [-0.2, -0.15) is 8.42 Å². The fourth-order valence-corrected chi connectivity index (χ4v) is 2.89. The second kappa shape index (κ2) is 5.63. The van der Waals surface area contributed by atoms with Crippen LogP contribution in [0.4, 0.5) is 0 Å². The zero-order valence-electron chi connectivity index (χ0n) is 8.68. The normalized spacial score (nSPS) is 14.0. The van der Waals surface area contributed by atoms with E-state index in [-0.39, 0.29) is 5.56 Å². The minimum absolute atomic E-state index is 0.167. The van der Waals surface area contributed by atoms with E-state index in [2.05, 4.69) is 0 Å². The summed E-state index contributed by atoms with van der Waals surface area (Å²) >= 11 is 16.2. The van der Waals surface area contributed by atoms with Crippen LogP contribution >= 0.6 is 34.8 Å². The third-order valence-electron chi connectivity index (χ3n) is 1.89. The van der Waals surface area contributed by atoms with E-state index in [0.29, 0.717) is 0 Å². The van der Waals surface area contributed by atoms with Crippen LogP contribution in [0.2, 0.25) is 0 Å². The van der Waals surface area contributed by atoms with E-state index in [4.69, 9.17) is 39.4 Å². The number of carbonyl (C=O) groups is 1. The van der Waals surface area contributed by atoms with Gasteiger partial charge in [-0.15, -0.1) is 0 Å². The summed E-state index contributed by atoms with van der Waals surface area (Å²) in [6.07, 6.45) is 0. The predicted octanol–water partition coefficient (Wildman–Crippen LogP) is 2.00. The van der Waals surface area contributed by atoms with E-state index < -0.39 is 25.2 Å². The molecule has 0 aliphatic carbocycles. The number of halogens is 3. The lowest BCUT2D eigenvalue weighted by Crippen LogP contribution is -2.48. The highest BCUT2D eigenvalue weighted by Gasteiger charge is 2.43. The van der Waals surface area contributed by atoms with Crippen LogP contribution in [-0.4, -0.2) is 28.0 Å². The van der Waals surface area contributed by atoms with Gasteiger partial charge in [-0.3, -0.25) is 9.35 Å². The van der Waals surface area contributed by atoms with Gasteiger partial charge >= 0.3 is 0 Å². The van der Waals surface area contributed by atoms with Crippen molar-refractivity contribution in [3.63, 3.8) is 0 Å². The molecule has 0 saturated carbocycles. The Hall–Kier alpha value is -0.530. The topological polar surface area (TPSA) is 83.5 Å². The molecule has 0 aliphatic heterocycles. The molecule has 0 aromatic heterocycles. The molecule has 0 spiro atoms. The van der Waals surface area contributed by atoms with E-state index in [9.17, 15) is 13.2 Å². The third kappa shape index (κ3) is 4.29. The van der Waals surface area contributed by atoms with Crippen LogP contribution < -0.4 is 5.32 Å². The van der Waals surface area contributed by atoms with Crippen LogP contribution in [0.3, 0.4) is 0 Å². The van der Waals surface area contributed by atoms with Crippen molar-refractivity contribution in [2.24, 2.45) is 0 Å². The summed E-state index contributed by atoms with van der Waals surface area (Å²) in [6, 6.07) is 7.70. The molecule has 0 saturated heterocycles. The van der Waals surface area contributed by atoms with Crippen LogP contribution in [0.15, 0.2) is 30.3 Å². The number of benzene rings is 1. The summed E-state index contributed by atoms with van der Waals surface area (Å²) in [5.74, 6) is -0.787. The zero-order chi connectivity index (χ0) is 14.0. The smallest absolute Gasteiger partial charge is 0.290 e. The summed E-state index contributed by atoms with van der Waals surface area (Å²) in [5, 5.41) is -0.113. The molecule has 5 nitrogen and oxygen atoms in total. The summed E-state index contributed by atoms with van der Waals surface area (Å²) in [7, 11) is -4.75. The minimum atomic E-state index is -4.75. The molecule has 0 unspecified atom stereocenters. The number of amides is 1. The van der Waals surface area contributed by atoms with Crippen LogP contribution in [0.1, 0.15) is 10.4 Å². The van der Waals surface area contributed by atoms with Gasteiger partial charge in [0.05, 0.1) is 0 Å². The highest BCUT2D eigenvalue weighted by Crippen LogP contribution is 2.32. The van der Waals surface area contributed by atoms with Crippen molar-refractivity contribution in [3.05, 3.63) is 35.9 Å². The molecular formula is C9H8Cl3NO4S. The summed E-state index contributed by atoms with van der Waals surface area (Å²) < 4.78 is 28.6. The molecule has 9 heteroatoms. The van der Waals surface area contributed by atoms with Crippen molar-refractivity contribution in [2.45, 2.75) is 9.17 Å². The molecule has 0 heterocycles. The quantitative estimate of drug-likeness (QED) is 0.655. The van der Waals surface area contributed by atoms with Crippen molar-refractivity contribution in [1.29, 1.82) is 0 Å².